The summed E-state index contributed by atoms with van der Waals surface area (Å²) in [7, 11) is -1.97. The molecule has 0 aliphatic carbocycles. The number of carbonyl (C=O) groups excluding carboxylic acids is 1. The van der Waals surface area contributed by atoms with Crippen LogP contribution in [0, 0.1) is 6.92 Å². The monoisotopic (exact) mass is 470 g/mol. The molecule has 2 aromatic carbocycles. The summed E-state index contributed by atoms with van der Waals surface area (Å²) in [6.45, 7) is 5.45. The van der Waals surface area contributed by atoms with Gasteiger partial charge in [0.1, 0.15) is 17.6 Å². The summed E-state index contributed by atoms with van der Waals surface area (Å²) in [4.78, 5) is 14.9. The molecule has 0 saturated carbocycles. The van der Waals surface area contributed by atoms with Crippen molar-refractivity contribution in [2.45, 2.75) is 37.7 Å². The molecule has 4 rings (SSSR count). The SMILES string of the molecule is COc1cc2c(cc1/C=C/C(=O)N1CCCN(S(=O)(=O)c3ccc(C)cc3)CC1)O[C@H](C)C2. The predicted octanol–water partition coefficient (Wildman–Crippen LogP) is 3.26. The third-order valence-corrected chi connectivity index (χ3v) is 7.99. The van der Waals surface area contributed by atoms with Gasteiger partial charge in [-0.15, -0.1) is 0 Å². The van der Waals surface area contributed by atoms with E-state index in [4.69, 9.17) is 9.47 Å². The molecule has 2 aliphatic heterocycles. The van der Waals surface area contributed by atoms with Crippen LogP contribution < -0.4 is 9.47 Å². The number of hydrogen-bond donors (Lipinski definition) is 0. The highest BCUT2D eigenvalue weighted by molar-refractivity contribution is 7.89. The molecular formula is C25H30N2O5S. The maximum Gasteiger partial charge on any atom is 0.246 e. The van der Waals surface area contributed by atoms with E-state index in [1.54, 1.807) is 42.4 Å². The number of methoxy groups -OCH3 is 1. The molecule has 7 nitrogen and oxygen atoms in total. The van der Waals surface area contributed by atoms with Crippen molar-refractivity contribution in [2.24, 2.45) is 0 Å². The van der Waals surface area contributed by atoms with E-state index >= 15 is 0 Å². The number of aryl methyl sites for hydroxylation is 1. The van der Waals surface area contributed by atoms with Crippen LogP contribution in [0.3, 0.4) is 0 Å². The first kappa shape index (κ1) is 23.3. The summed E-state index contributed by atoms with van der Waals surface area (Å²) >= 11 is 0. The smallest absolute Gasteiger partial charge is 0.246 e. The second-order valence-electron chi connectivity index (χ2n) is 8.56. The first-order valence-electron chi connectivity index (χ1n) is 11.2. The lowest BCUT2D eigenvalue weighted by atomic mass is 10.1. The first-order chi connectivity index (χ1) is 15.8. The third kappa shape index (κ3) is 5.07. The van der Waals surface area contributed by atoms with Gasteiger partial charge in [-0.05, 0) is 50.6 Å². The number of ether oxygens (including phenoxy) is 2. The van der Waals surface area contributed by atoms with Crippen molar-refractivity contribution in [2.75, 3.05) is 33.3 Å². The summed E-state index contributed by atoms with van der Waals surface area (Å²) in [5.74, 6) is 1.37. The second-order valence-corrected chi connectivity index (χ2v) is 10.5. The van der Waals surface area contributed by atoms with Crippen molar-refractivity contribution < 1.29 is 22.7 Å². The van der Waals surface area contributed by atoms with E-state index in [1.165, 1.54) is 10.4 Å². The van der Waals surface area contributed by atoms with Crippen LogP contribution in [0.15, 0.2) is 47.4 Å². The average molecular weight is 471 g/mol. The minimum Gasteiger partial charge on any atom is -0.496 e. The highest BCUT2D eigenvalue weighted by Gasteiger charge is 2.28. The van der Waals surface area contributed by atoms with Gasteiger partial charge in [0.15, 0.2) is 0 Å². The number of carbonyl (C=O) groups is 1. The quantitative estimate of drug-likeness (QED) is 0.627. The molecule has 0 radical (unpaired) electrons. The largest absolute Gasteiger partial charge is 0.496 e. The Balaban J connectivity index is 1.44. The molecule has 0 spiro atoms. The van der Waals surface area contributed by atoms with Gasteiger partial charge in [-0.25, -0.2) is 8.42 Å². The molecule has 0 aromatic heterocycles. The van der Waals surface area contributed by atoms with Crippen LogP contribution in [0.25, 0.3) is 6.08 Å². The molecule has 1 saturated heterocycles. The van der Waals surface area contributed by atoms with Gasteiger partial charge in [0, 0.05) is 49.8 Å². The van der Waals surface area contributed by atoms with Gasteiger partial charge in [-0.1, -0.05) is 17.7 Å². The lowest BCUT2D eigenvalue weighted by Gasteiger charge is -2.21. The van der Waals surface area contributed by atoms with E-state index in [0.29, 0.717) is 31.8 Å². The number of amides is 1. The number of nitrogens with zero attached hydrogens (tertiary/aromatic N) is 2. The molecule has 2 aromatic rings. The van der Waals surface area contributed by atoms with Crippen LogP contribution >= 0.6 is 0 Å². The fourth-order valence-corrected chi connectivity index (χ4v) is 5.71. The summed E-state index contributed by atoms with van der Waals surface area (Å²) in [5, 5.41) is 0. The van der Waals surface area contributed by atoms with E-state index in [9.17, 15) is 13.2 Å². The molecule has 2 heterocycles. The zero-order valence-corrected chi connectivity index (χ0v) is 20.1. The maximum atomic E-state index is 13.0. The fraction of sp³-hybridized carbons (Fsp3) is 0.400. The van der Waals surface area contributed by atoms with Gasteiger partial charge >= 0.3 is 0 Å². The molecule has 33 heavy (non-hydrogen) atoms. The summed E-state index contributed by atoms with van der Waals surface area (Å²) < 4.78 is 38.8. The topological polar surface area (TPSA) is 76.2 Å². The Kier molecular flexibility index (Phi) is 6.76. The molecule has 0 unspecified atom stereocenters. The fourth-order valence-electron chi connectivity index (χ4n) is 4.24. The van der Waals surface area contributed by atoms with Gasteiger partial charge in [0.25, 0.3) is 0 Å². The van der Waals surface area contributed by atoms with Crippen LogP contribution in [0.1, 0.15) is 30.0 Å². The van der Waals surface area contributed by atoms with Gasteiger partial charge < -0.3 is 14.4 Å². The van der Waals surface area contributed by atoms with Gasteiger partial charge in [0.2, 0.25) is 15.9 Å². The van der Waals surface area contributed by atoms with E-state index in [2.05, 4.69) is 0 Å². The number of benzene rings is 2. The summed E-state index contributed by atoms with van der Waals surface area (Å²) in [6.07, 6.45) is 4.80. The normalized spacial score (nSPS) is 19.2. The molecular weight excluding hydrogens is 440 g/mol. The Morgan fingerprint density at radius 1 is 1.12 bits per heavy atom. The van der Waals surface area contributed by atoms with Crippen molar-refractivity contribution in [3.05, 3.63) is 59.2 Å². The Morgan fingerprint density at radius 3 is 2.61 bits per heavy atom. The zero-order valence-electron chi connectivity index (χ0n) is 19.3. The number of rotatable bonds is 5. The van der Waals surface area contributed by atoms with Gasteiger partial charge in [0.05, 0.1) is 12.0 Å². The lowest BCUT2D eigenvalue weighted by Crippen LogP contribution is -2.36. The van der Waals surface area contributed by atoms with E-state index in [-0.39, 0.29) is 23.5 Å². The lowest BCUT2D eigenvalue weighted by molar-refractivity contribution is -0.125. The number of sulfonamides is 1. The van der Waals surface area contributed by atoms with Crippen molar-refractivity contribution >= 4 is 22.0 Å². The Hall–Kier alpha value is -2.84. The van der Waals surface area contributed by atoms with Gasteiger partial charge in [-0.2, -0.15) is 4.31 Å². The molecule has 1 fully saturated rings. The second kappa shape index (κ2) is 9.57. The van der Waals surface area contributed by atoms with Crippen molar-refractivity contribution in [3.8, 4) is 11.5 Å². The highest BCUT2D eigenvalue weighted by Crippen LogP contribution is 2.35. The average Bonchev–Trinajstić information content (AvgIpc) is 2.98. The number of fused-ring (bicyclic) bond motifs is 1. The van der Waals surface area contributed by atoms with Crippen molar-refractivity contribution in [1.82, 2.24) is 9.21 Å². The third-order valence-electron chi connectivity index (χ3n) is 6.08. The summed E-state index contributed by atoms with van der Waals surface area (Å²) in [5.41, 5.74) is 2.89. The molecule has 0 bridgehead atoms. The highest BCUT2D eigenvalue weighted by atomic mass is 32.2. The first-order valence-corrected chi connectivity index (χ1v) is 12.6. The van der Waals surface area contributed by atoms with Crippen molar-refractivity contribution in [3.63, 3.8) is 0 Å². The standard InChI is InChI=1S/C25H30N2O5S/c1-18-5-8-22(9-6-18)33(29,30)27-12-4-11-26(13-14-27)25(28)10-7-20-16-24-21(15-19(2)32-24)17-23(20)31-3/h5-10,16-17,19H,4,11-15H2,1-3H3/b10-7+/t19-/m1/s1. The molecule has 2 aliphatic rings. The molecule has 1 amide bonds. The Morgan fingerprint density at radius 2 is 1.88 bits per heavy atom. The van der Waals surface area contributed by atoms with E-state index in [1.807, 2.05) is 26.0 Å². The summed E-state index contributed by atoms with van der Waals surface area (Å²) in [6, 6.07) is 10.7. The molecule has 176 valence electrons. The maximum absolute atomic E-state index is 13.0. The molecule has 8 heteroatoms. The Bertz CT molecular complexity index is 1160. The van der Waals surface area contributed by atoms with E-state index in [0.717, 1.165) is 28.9 Å². The minimum atomic E-state index is -3.58. The minimum absolute atomic E-state index is 0.127. The molecule has 0 N–H and O–H groups in total. The van der Waals surface area contributed by atoms with E-state index < -0.39 is 10.0 Å². The van der Waals surface area contributed by atoms with Crippen LogP contribution in [0.5, 0.6) is 11.5 Å². The van der Waals surface area contributed by atoms with Crippen LogP contribution in [0.4, 0.5) is 0 Å². The predicted molar refractivity (Wildman–Crippen MR) is 127 cm³/mol. The van der Waals surface area contributed by atoms with Crippen molar-refractivity contribution in [1.29, 1.82) is 0 Å². The number of hydrogen-bond acceptors (Lipinski definition) is 5. The van der Waals surface area contributed by atoms with Crippen LogP contribution in [-0.2, 0) is 21.2 Å². The van der Waals surface area contributed by atoms with Crippen LogP contribution in [-0.4, -0.2) is 62.9 Å². The zero-order chi connectivity index (χ0) is 23.6. The van der Waals surface area contributed by atoms with Gasteiger partial charge in [-0.3, -0.25) is 4.79 Å². The van der Waals surface area contributed by atoms with Crippen LogP contribution in [0.2, 0.25) is 0 Å². The molecule has 1 atom stereocenters. The Labute approximate surface area is 195 Å².